The summed E-state index contributed by atoms with van der Waals surface area (Å²) in [5.74, 6) is 0.673. The number of ether oxygens (including phenoxy) is 2. The third kappa shape index (κ3) is 2.93. The van der Waals surface area contributed by atoms with E-state index in [4.69, 9.17) is 9.47 Å². The maximum Gasteiger partial charge on any atom is 0.244 e. The highest BCUT2D eigenvalue weighted by Gasteiger charge is 2.37. The van der Waals surface area contributed by atoms with Gasteiger partial charge in [-0.2, -0.15) is 4.31 Å². The Balaban J connectivity index is 2.54. The quantitative estimate of drug-likeness (QED) is 0.857. The van der Waals surface area contributed by atoms with Crippen LogP contribution >= 0.6 is 0 Å². The summed E-state index contributed by atoms with van der Waals surface area (Å²) in [6, 6.07) is 3.19. The van der Waals surface area contributed by atoms with Crippen LogP contribution in [0.5, 0.6) is 5.75 Å². The fraction of sp³-hybridized carbons (Fsp3) is 0.600. The first-order valence-electron chi connectivity index (χ1n) is 7.05. The van der Waals surface area contributed by atoms with Crippen LogP contribution in [0, 0.1) is 13.8 Å². The molecule has 118 valence electrons. The Kier molecular flexibility index (Phi) is 4.60. The van der Waals surface area contributed by atoms with Crippen molar-refractivity contribution in [3.63, 3.8) is 0 Å². The number of rotatable bonds is 3. The normalized spacial score (nSPS) is 24.0. The van der Waals surface area contributed by atoms with Crippen LogP contribution in [0.1, 0.15) is 25.0 Å². The standard InChI is InChI=1S/C15H23NO4S/c1-10-6-14(19-5)7-11(2)15(10)21(17,18)16-12(3)8-20-9-13(16)4/h6-7,12-13H,8-9H2,1-5H3. The van der Waals surface area contributed by atoms with Gasteiger partial charge in [-0.25, -0.2) is 8.42 Å². The number of methoxy groups -OCH3 is 1. The fourth-order valence-electron chi connectivity index (χ4n) is 3.00. The largest absolute Gasteiger partial charge is 0.497 e. The molecule has 1 heterocycles. The molecule has 1 aliphatic heterocycles. The van der Waals surface area contributed by atoms with Crippen molar-refractivity contribution in [1.82, 2.24) is 4.31 Å². The summed E-state index contributed by atoms with van der Waals surface area (Å²) in [7, 11) is -1.97. The van der Waals surface area contributed by atoms with E-state index in [1.165, 1.54) is 0 Å². The SMILES string of the molecule is COc1cc(C)c(S(=O)(=O)N2C(C)COCC2C)c(C)c1. The average Bonchev–Trinajstić information content (AvgIpc) is 2.36. The second-order valence-electron chi connectivity index (χ2n) is 5.66. The summed E-state index contributed by atoms with van der Waals surface area (Å²) < 4.78 is 38.4. The van der Waals surface area contributed by atoms with Crippen LogP contribution in [0.25, 0.3) is 0 Å². The predicted octanol–water partition coefficient (Wildman–Crippen LogP) is 2.11. The molecule has 6 heteroatoms. The van der Waals surface area contributed by atoms with Crippen molar-refractivity contribution in [2.75, 3.05) is 20.3 Å². The Morgan fingerprint density at radius 2 is 1.62 bits per heavy atom. The Hall–Kier alpha value is -1.11. The lowest BCUT2D eigenvalue weighted by molar-refractivity contribution is 0.00633. The van der Waals surface area contributed by atoms with E-state index in [1.54, 1.807) is 37.4 Å². The summed E-state index contributed by atoms with van der Waals surface area (Å²) in [4.78, 5) is 0.379. The van der Waals surface area contributed by atoms with Crippen LogP contribution in [-0.4, -0.2) is 45.1 Å². The van der Waals surface area contributed by atoms with Crippen LogP contribution in [-0.2, 0) is 14.8 Å². The second-order valence-corrected chi connectivity index (χ2v) is 7.44. The van der Waals surface area contributed by atoms with Gasteiger partial charge in [0.2, 0.25) is 10.0 Å². The molecule has 0 radical (unpaired) electrons. The number of benzene rings is 1. The summed E-state index contributed by atoms with van der Waals surface area (Å²) in [6.45, 7) is 8.22. The van der Waals surface area contributed by atoms with Crippen LogP contribution in [0.3, 0.4) is 0 Å². The number of nitrogens with zero attached hydrogens (tertiary/aromatic N) is 1. The molecule has 5 nitrogen and oxygen atoms in total. The maximum atomic E-state index is 13.1. The van der Waals surface area contributed by atoms with Gasteiger partial charge in [-0.1, -0.05) is 0 Å². The van der Waals surface area contributed by atoms with E-state index in [-0.39, 0.29) is 12.1 Å². The minimum atomic E-state index is -3.55. The third-order valence-corrected chi connectivity index (χ3v) is 6.23. The number of hydrogen-bond donors (Lipinski definition) is 0. The molecule has 0 aromatic heterocycles. The van der Waals surface area contributed by atoms with Crippen LogP contribution < -0.4 is 4.74 Å². The van der Waals surface area contributed by atoms with Gasteiger partial charge in [-0.15, -0.1) is 0 Å². The molecule has 0 N–H and O–H groups in total. The van der Waals surface area contributed by atoms with Crippen LogP contribution in [0.2, 0.25) is 0 Å². The summed E-state index contributed by atoms with van der Waals surface area (Å²) in [5.41, 5.74) is 1.41. The predicted molar refractivity (Wildman–Crippen MR) is 81.2 cm³/mol. The molecule has 0 saturated carbocycles. The number of morpholine rings is 1. The zero-order valence-corrected chi connectivity index (χ0v) is 14.0. The van der Waals surface area contributed by atoms with Gasteiger partial charge in [0.25, 0.3) is 0 Å². The molecule has 1 saturated heterocycles. The monoisotopic (exact) mass is 313 g/mol. The number of sulfonamides is 1. The molecule has 21 heavy (non-hydrogen) atoms. The highest BCUT2D eigenvalue weighted by atomic mass is 32.2. The van der Waals surface area contributed by atoms with Gasteiger partial charge in [0, 0.05) is 12.1 Å². The average molecular weight is 313 g/mol. The molecule has 2 unspecified atom stereocenters. The van der Waals surface area contributed by atoms with Gasteiger partial charge in [0.05, 0.1) is 25.2 Å². The van der Waals surface area contributed by atoms with Crippen molar-refractivity contribution < 1.29 is 17.9 Å². The first-order chi connectivity index (χ1) is 9.78. The molecule has 0 spiro atoms. The molecule has 1 aromatic carbocycles. The molecule has 1 aromatic rings. The highest BCUT2D eigenvalue weighted by molar-refractivity contribution is 7.89. The van der Waals surface area contributed by atoms with E-state index < -0.39 is 10.0 Å². The topological polar surface area (TPSA) is 55.8 Å². The second kappa shape index (κ2) is 5.94. The van der Waals surface area contributed by atoms with Gasteiger partial charge in [0.15, 0.2) is 0 Å². The first-order valence-corrected chi connectivity index (χ1v) is 8.49. The Labute approximate surface area is 126 Å². The van der Waals surface area contributed by atoms with Crippen molar-refractivity contribution in [3.8, 4) is 5.75 Å². The van der Waals surface area contributed by atoms with Crippen molar-refractivity contribution in [3.05, 3.63) is 23.3 Å². The van der Waals surface area contributed by atoms with Crippen molar-refractivity contribution in [2.45, 2.75) is 44.7 Å². The van der Waals surface area contributed by atoms with Crippen LogP contribution in [0.4, 0.5) is 0 Å². The zero-order valence-electron chi connectivity index (χ0n) is 13.2. The lowest BCUT2D eigenvalue weighted by Crippen LogP contribution is -2.52. The molecular weight excluding hydrogens is 290 g/mol. The van der Waals surface area contributed by atoms with E-state index in [2.05, 4.69) is 0 Å². The summed E-state index contributed by atoms with van der Waals surface area (Å²) in [5, 5.41) is 0. The van der Waals surface area contributed by atoms with Gasteiger partial charge in [-0.05, 0) is 51.0 Å². The molecule has 0 amide bonds. The van der Waals surface area contributed by atoms with E-state index in [0.29, 0.717) is 35.0 Å². The first kappa shape index (κ1) is 16.3. The maximum absolute atomic E-state index is 13.1. The Morgan fingerprint density at radius 3 is 2.05 bits per heavy atom. The highest BCUT2D eigenvalue weighted by Crippen LogP contribution is 2.31. The lowest BCUT2D eigenvalue weighted by atomic mass is 10.1. The van der Waals surface area contributed by atoms with E-state index >= 15 is 0 Å². The molecule has 2 rings (SSSR count). The minimum Gasteiger partial charge on any atom is -0.497 e. The van der Waals surface area contributed by atoms with E-state index in [9.17, 15) is 8.42 Å². The minimum absolute atomic E-state index is 0.167. The summed E-state index contributed by atoms with van der Waals surface area (Å²) >= 11 is 0. The van der Waals surface area contributed by atoms with Crippen LogP contribution in [0.15, 0.2) is 17.0 Å². The van der Waals surface area contributed by atoms with Crippen molar-refractivity contribution in [1.29, 1.82) is 0 Å². The molecule has 0 bridgehead atoms. The fourth-order valence-corrected chi connectivity index (χ4v) is 5.22. The molecule has 2 atom stereocenters. The Bertz CT molecular complexity index is 594. The van der Waals surface area contributed by atoms with Gasteiger partial charge in [0.1, 0.15) is 5.75 Å². The van der Waals surface area contributed by atoms with E-state index in [0.717, 1.165) is 0 Å². The van der Waals surface area contributed by atoms with E-state index in [1.807, 2.05) is 13.8 Å². The smallest absolute Gasteiger partial charge is 0.244 e. The lowest BCUT2D eigenvalue weighted by Gasteiger charge is -2.38. The summed E-state index contributed by atoms with van der Waals surface area (Å²) in [6.07, 6.45) is 0. The number of hydrogen-bond acceptors (Lipinski definition) is 4. The third-order valence-electron chi connectivity index (χ3n) is 3.79. The molecule has 1 fully saturated rings. The van der Waals surface area contributed by atoms with Crippen molar-refractivity contribution >= 4 is 10.0 Å². The molecule has 1 aliphatic rings. The number of aryl methyl sites for hydroxylation is 2. The zero-order chi connectivity index (χ0) is 15.8. The van der Waals surface area contributed by atoms with Gasteiger partial charge in [-0.3, -0.25) is 0 Å². The van der Waals surface area contributed by atoms with Gasteiger partial charge >= 0.3 is 0 Å². The van der Waals surface area contributed by atoms with Gasteiger partial charge < -0.3 is 9.47 Å². The van der Waals surface area contributed by atoms with Crippen molar-refractivity contribution in [2.24, 2.45) is 0 Å². The molecular formula is C15H23NO4S. The Morgan fingerprint density at radius 1 is 1.14 bits per heavy atom. The molecule has 0 aliphatic carbocycles.